The quantitative estimate of drug-likeness (QED) is 0.680. The Bertz CT molecular complexity index is 803. The molecule has 1 fully saturated rings. The predicted octanol–water partition coefficient (Wildman–Crippen LogP) is 5.93. The van der Waals surface area contributed by atoms with Gasteiger partial charge in [0, 0.05) is 12.5 Å². The molecular weight excluding hydrogens is 378 g/mol. The van der Waals surface area contributed by atoms with Crippen molar-refractivity contribution in [2.45, 2.75) is 58.9 Å². The Morgan fingerprint density at radius 1 is 0.933 bits per heavy atom. The van der Waals surface area contributed by atoms with Gasteiger partial charge in [0.15, 0.2) is 0 Å². The summed E-state index contributed by atoms with van der Waals surface area (Å²) in [5.41, 5.74) is 4.64. The first-order chi connectivity index (χ1) is 14.7. The van der Waals surface area contributed by atoms with Gasteiger partial charge in [0.05, 0.1) is 0 Å². The SMILES string of the molecule is CC.CC.O=C(O)[C@@H]1CCCCN1C(=O)OCC1c2ccccc2-c2ccccc21. The Hall–Kier alpha value is -2.82. The van der Waals surface area contributed by atoms with Gasteiger partial charge in [-0.3, -0.25) is 4.90 Å². The number of carbonyl (C=O) groups excluding carboxylic acids is 1. The molecule has 0 saturated carbocycles. The summed E-state index contributed by atoms with van der Waals surface area (Å²) in [6.45, 7) is 8.66. The van der Waals surface area contributed by atoms with Crippen molar-refractivity contribution in [3.8, 4) is 11.1 Å². The molecule has 0 aromatic heterocycles. The van der Waals surface area contributed by atoms with Crippen molar-refractivity contribution in [3.63, 3.8) is 0 Å². The van der Waals surface area contributed by atoms with Crippen LogP contribution in [0.25, 0.3) is 11.1 Å². The maximum Gasteiger partial charge on any atom is 0.410 e. The number of rotatable bonds is 3. The average molecular weight is 412 g/mol. The fourth-order valence-corrected chi connectivity index (χ4v) is 4.08. The van der Waals surface area contributed by atoms with Crippen molar-refractivity contribution in [2.75, 3.05) is 13.2 Å². The van der Waals surface area contributed by atoms with Crippen molar-refractivity contribution in [1.29, 1.82) is 0 Å². The van der Waals surface area contributed by atoms with Crippen LogP contribution in [0, 0.1) is 0 Å². The summed E-state index contributed by atoms with van der Waals surface area (Å²) in [5.74, 6) is -0.974. The van der Waals surface area contributed by atoms with Gasteiger partial charge in [-0.15, -0.1) is 0 Å². The first-order valence-electron chi connectivity index (χ1n) is 11.0. The van der Waals surface area contributed by atoms with Gasteiger partial charge in [-0.25, -0.2) is 9.59 Å². The van der Waals surface area contributed by atoms with Crippen LogP contribution in [0.4, 0.5) is 4.79 Å². The fourth-order valence-electron chi connectivity index (χ4n) is 4.08. The number of carboxylic acid groups (broad SMARTS) is 1. The highest BCUT2D eigenvalue weighted by Gasteiger charge is 2.34. The molecule has 2 aliphatic rings. The topological polar surface area (TPSA) is 66.8 Å². The number of ether oxygens (including phenoxy) is 1. The van der Waals surface area contributed by atoms with Crippen LogP contribution in [0.5, 0.6) is 0 Å². The summed E-state index contributed by atoms with van der Waals surface area (Å²) < 4.78 is 5.58. The minimum Gasteiger partial charge on any atom is -0.480 e. The van der Waals surface area contributed by atoms with E-state index >= 15 is 0 Å². The number of nitrogens with zero attached hydrogens (tertiary/aromatic N) is 1. The molecule has 1 saturated heterocycles. The lowest BCUT2D eigenvalue weighted by atomic mass is 9.98. The Labute approximate surface area is 179 Å². The van der Waals surface area contributed by atoms with Crippen molar-refractivity contribution < 1.29 is 19.4 Å². The van der Waals surface area contributed by atoms with E-state index in [1.165, 1.54) is 16.0 Å². The molecule has 0 bridgehead atoms. The van der Waals surface area contributed by atoms with E-state index < -0.39 is 18.1 Å². The van der Waals surface area contributed by atoms with Crippen molar-refractivity contribution >= 4 is 12.1 Å². The van der Waals surface area contributed by atoms with Gasteiger partial charge in [0.25, 0.3) is 0 Å². The third kappa shape index (κ3) is 4.84. The number of fused-ring (bicyclic) bond motifs is 3. The van der Waals surface area contributed by atoms with E-state index in [4.69, 9.17) is 4.74 Å². The lowest BCUT2D eigenvalue weighted by Crippen LogP contribution is -2.48. The molecule has 0 radical (unpaired) electrons. The standard InChI is InChI=1S/C21H21NO4.2C2H6/c23-20(24)19-11-5-6-12-22(19)21(25)26-13-18-16-9-3-1-7-14(16)15-8-2-4-10-17(15)18;2*1-2/h1-4,7-10,18-19H,5-6,11-13H2,(H,23,24);2*1-2H3/t19-;;/m0../s1. The monoisotopic (exact) mass is 411 g/mol. The number of carbonyl (C=O) groups is 2. The van der Waals surface area contributed by atoms with Crippen molar-refractivity contribution in [3.05, 3.63) is 59.7 Å². The number of likely N-dealkylation sites (tertiary alicyclic amines) is 1. The Kier molecular flexibility index (Phi) is 8.90. The van der Waals surface area contributed by atoms with E-state index in [9.17, 15) is 14.7 Å². The van der Waals surface area contributed by atoms with Crippen molar-refractivity contribution in [1.82, 2.24) is 4.90 Å². The minimum absolute atomic E-state index is 0.0144. The Morgan fingerprint density at radius 2 is 1.47 bits per heavy atom. The lowest BCUT2D eigenvalue weighted by molar-refractivity contribution is -0.143. The third-order valence-corrected chi connectivity index (χ3v) is 5.36. The highest BCUT2D eigenvalue weighted by Crippen LogP contribution is 2.44. The smallest absolute Gasteiger partial charge is 0.410 e. The molecule has 162 valence electrons. The van der Waals surface area contributed by atoms with Crippen LogP contribution in [0.3, 0.4) is 0 Å². The molecule has 0 unspecified atom stereocenters. The number of amides is 1. The molecular formula is C25H33NO4. The first-order valence-corrected chi connectivity index (χ1v) is 11.0. The Balaban J connectivity index is 0.000000757. The molecule has 30 heavy (non-hydrogen) atoms. The second kappa shape index (κ2) is 11.4. The normalized spacial score (nSPS) is 16.8. The van der Waals surface area contributed by atoms with Gasteiger partial charge in [0.1, 0.15) is 12.6 Å². The molecule has 1 N–H and O–H groups in total. The van der Waals surface area contributed by atoms with Gasteiger partial charge in [0.2, 0.25) is 0 Å². The van der Waals surface area contributed by atoms with Gasteiger partial charge >= 0.3 is 12.1 Å². The highest BCUT2D eigenvalue weighted by atomic mass is 16.6. The molecule has 2 aromatic carbocycles. The molecule has 2 aromatic rings. The molecule has 1 amide bonds. The number of benzene rings is 2. The maximum absolute atomic E-state index is 12.5. The van der Waals surface area contributed by atoms with Crippen LogP contribution in [0.15, 0.2) is 48.5 Å². The maximum atomic E-state index is 12.5. The molecule has 1 heterocycles. The first kappa shape index (κ1) is 23.5. The summed E-state index contributed by atoms with van der Waals surface area (Å²) in [5, 5.41) is 9.35. The van der Waals surface area contributed by atoms with E-state index in [1.807, 2.05) is 52.0 Å². The summed E-state index contributed by atoms with van der Waals surface area (Å²) in [6.07, 6.45) is 1.59. The number of hydrogen-bond donors (Lipinski definition) is 1. The summed E-state index contributed by atoms with van der Waals surface area (Å²) in [7, 11) is 0. The zero-order chi connectivity index (χ0) is 22.1. The molecule has 1 aliphatic heterocycles. The fraction of sp³-hybridized carbons (Fsp3) is 0.440. The summed E-state index contributed by atoms with van der Waals surface area (Å²) >= 11 is 0. The van der Waals surface area contributed by atoms with E-state index in [2.05, 4.69) is 24.3 Å². The van der Waals surface area contributed by atoms with Crippen LogP contribution >= 0.6 is 0 Å². The van der Waals surface area contributed by atoms with Crippen LogP contribution in [0.2, 0.25) is 0 Å². The number of piperidine rings is 1. The second-order valence-corrected chi connectivity index (χ2v) is 6.85. The van der Waals surface area contributed by atoms with Crippen LogP contribution in [-0.4, -0.2) is 41.3 Å². The molecule has 0 spiro atoms. The van der Waals surface area contributed by atoms with Crippen LogP contribution < -0.4 is 0 Å². The molecule has 4 rings (SSSR count). The van der Waals surface area contributed by atoms with Gasteiger partial charge in [-0.1, -0.05) is 76.2 Å². The number of carboxylic acids is 1. The molecule has 5 heteroatoms. The van der Waals surface area contributed by atoms with Crippen LogP contribution in [0.1, 0.15) is 64.0 Å². The summed E-state index contributed by atoms with van der Waals surface area (Å²) in [6, 6.07) is 15.5. The van der Waals surface area contributed by atoms with Gasteiger partial charge < -0.3 is 9.84 Å². The number of hydrogen-bond acceptors (Lipinski definition) is 3. The van der Waals surface area contributed by atoms with E-state index in [-0.39, 0.29) is 12.5 Å². The predicted molar refractivity (Wildman–Crippen MR) is 120 cm³/mol. The van der Waals surface area contributed by atoms with E-state index in [1.54, 1.807) is 0 Å². The zero-order valence-corrected chi connectivity index (χ0v) is 18.4. The van der Waals surface area contributed by atoms with Gasteiger partial charge in [-0.05, 0) is 41.5 Å². The second-order valence-electron chi connectivity index (χ2n) is 6.85. The third-order valence-electron chi connectivity index (χ3n) is 5.36. The van der Waals surface area contributed by atoms with Crippen LogP contribution in [-0.2, 0) is 9.53 Å². The van der Waals surface area contributed by atoms with Gasteiger partial charge in [-0.2, -0.15) is 0 Å². The molecule has 1 aliphatic carbocycles. The van der Waals surface area contributed by atoms with E-state index in [0.717, 1.165) is 24.0 Å². The number of aliphatic carboxylic acids is 1. The highest BCUT2D eigenvalue weighted by molar-refractivity contribution is 5.81. The zero-order valence-electron chi connectivity index (χ0n) is 18.4. The van der Waals surface area contributed by atoms with Crippen molar-refractivity contribution in [2.24, 2.45) is 0 Å². The largest absolute Gasteiger partial charge is 0.480 e. The average Bonchev–Trinajstić information content (AvgIpc) is 3.14. The molecule has 1 atom stereocenters. The minimum atomic E-state index is -0.960. The molecule has 5 nitrogen and oxygen atoms in total. The van der Waals surface area contributed by atoms with E-state index in [0.29, 0.717) is 13.0 Å². The Morgan fingerprint density at radius 3 is 2.00 bits per heavy atom. The summed E-state index contributed by atoms with van der Waals surface area (Å²) in [4.78, 5) is 25.3. The lowest BCUT2D eigenvalue weighted by Gasteiger charge is -2.32.